The summed E-state index contributed by atoms with van der Waals surface area (Å²) in [6.45, 7) is 0.389. The zero-order chi connectivity index (χ0) is 17.2. The van der Waals surface area contributed by atoms with Crippen LogP contribution in [0.2, 0.25) is 0 Å². The summed E-state index contributed by atoms with van der Waals surface area (Å²) < 4.78 is 38.0. The first-order valence-corrected chi connectivity index (χ1v) is 8.00. The third-order valence-electron chi connectivity index (χ3n) is 4.65. The van der Waals surface area contributed by atoms with Crippen molar-refractivity contribution in [2.45, 2.75) is 31.9 Å². The van der Waals surface area contributed by atoms with Crippen LogP contribution in [0.4, 0.5) is 13.2 Å². The van der Waals surface area contributed by atoms with Crippen molar-refractivity contribution in [3.8, 4) is 0 Å². The van der Waals surface area contributed by atoms with Gasteiger partial charge in [-0.2, -0.15) is 23.4 Å². The molecule has 1 fully saturated rings. The molecule has 1 aliphatic rings. The van der Waals surface area contributed by atoms with E-state index in [0.29, 0.717) is 35.9 Å². The Bertz CT molecular complexity index is 719. The molecular weight excluding hydrogens is 319 g/mol. The van der Waals surface area contributed by atoms with Gasteiger partial charge in [-0.3, -0.25) is 4.79 Å². The highest BCUT2D eigenvalue weighted by atomic mass is 19.4. The van der Waals surface area contributed by atoms with Gasteiger partial charge in [0.05, 0.1) is 23.2 Å². The van der Waals surface area contributed by atoms with Crippen LogP contribution >= 0.6 is 0 Å². The van der Waals surface area contributed by atoms with Crippen molar-refractivity contribution in [1.82, 2.24) is 15.5 Å². The molecule has 1 heterocycles. The van der Waals surface area contributed by atoms with Crippen molar-refractivity contribution < 1.29 is 18.0 Å². The zero-order valence-corrected chi connectivity index (χ0v) is 13.0. The maximum Gasteiger partial charge on any atom is 0.391 e. The number of fused-ring (bicyclic) bond motifs is 1. The van der Waals surface area contributed by atoms with Crippen LogP contribution in [0.25, 0.3) is 10.9 Å². The maximum absolute atomic E-state index is 12.7. The number of hydrogen-bond acceptors (Lipinski definition) is 3. The molecule has 0 spiro atoms. The third-order valence-corrected chi connectivity index (χ3v) is 4.65. The van der Waals surface area contributed by atoms with E-state index in [0.717, 1.165) is 0 Å². The lowest BCUT2D eigenvalue weighted by Gasteiger charge is -2.29. The first-order valence-electron chi connectivity index (χ1n) is 8.00. The SMILES string of the molecule is O=C(NCC1CCC(C(F)(F)F)CC1)c1cnnc2ccccc12. The molecule has 1 aromatic carbocycles. The van der Waals surface area contributed by atoms with Gasteiger partial charge < -0.3 is 5.32 Å². The van der Waals surface area contributed by atoms with Gasteiger partial charge in [-0.15, -0.1) is 0 Å². The number of aromatic nitrogens is 2. The largest absolute Gasteiger partial charge is 0.391 e. The van der Waals surface area contributed by atoms with Crippen LogP contribution in [0, 0.1) is 11.8 Å². The van der Waals surface area contributed by atoms with Crippen molar-refractivity contribution in [3.63, 3.8) is 0 Å². The summed E-state index contributed by atoms with van der Waals surface area (Å²) in [5.41, 5.74) is 1.07. The lowest BCUT2D eigenvalue weighted by Crippen LogP contribution is -2.34. The molecule has 7 heteroatoms. The van der Waals surface area contributed by atoms with Gasteiger partial charge in [0.1, 0.15) is 0 Å². The van der Waals surface area contributed by atoms with E-state index >= 15 is 0 Å². The molecule has 128 valence electrons. The quantitative estimate of drug-likeness (QED) is 0.928. The third kappa shape index (κ3) is 3.66. The average molecular weight is 337 g/mol. The Hall–Kier alpha value is -2.18. The number of benzene rings is 1. The van der Waals surface area contributed by atoms with Crippen molar-refractivity contribution in [2.75, 3.05) is 6.54 Å². The van der Waals surface area contributed by atoms with E-state index in [1.807, 2.05) is 12.1 Å². The summed E-state index contributed by atoms with van der Waals surface area (Å²) in [6, 6.07) is 7.21. The second-order valence-corrected chi connectivity index (χ2v) is 6.24. The molecule has 1 amide bonds. The van der Waals surface area contributed by atoms with Crippen molar-refractivity contribution in [1.29, 1.82) is 0 Å². The second kappa shape index (κ2) is 6.75. The van der Waals surface area contributed by atoms with Crippen LogP contribution in [-0.4, -0.2) is 28.8 Å². The number of hydrogen-bond donors (Lipinski definition) is 1. The van der Waals surface area contributed by atoms with Crippen LogP contribution in [0.15, 0.2) is 30.5 Å². The summed E-state index contributed by atoms with van der Waals surface area (Å²) in [7, 11) is 0. The fourth-order valence-electron chi connectivity index (χ4n) is 3.21. The van der Waals surface area contributed by atoms with E-state index in [2.05, 4.69) is 15.5 Å². The Morgan fingerprint density at radius 3 is 2.58 bits per heavy atom. The highest BCUT2D eigenvalue weighted by molar-refractivity contribution is 6.05. The molecule has 1 N–H and O–H groups in total. The number of nitrogens with zero attached hydrogens (tertiary/aromatic N) is 2. The predicted molar refractivity (Wildman–Crippen MR) is 83.4 cm³/mol. The van der Waals surface area contributed by atoms with Crippen LogP contribution in [0.3, 0.4) is 0 Å². The molecule has 3 rings (SSSR count). The molecule has 2 aromatic rings. The van der Waals surface area contributed by atoms with Gasteiger partial charge in [0.25, 0.3) is 5.91 Å². The Morgan fingerprint density at radius 1 is 1.17 bits per heavy atom. The van der Waals surface area contributed by atoms with Gasteiger partial charge in [-0.1, -0.05) is 18.2 Å². The highest BCUT2D eigenvalue weighted by Gasteiger charge is 2.41. The molecule has 0 saturated heterocycles. The molecule has 0 unspecified atom stereocenters. The van der Waals surface area contributed by atoms with Crippen molar-refractivity contribution in [3.05, 3.63) is 36.0 Å². The van der Waals surface area contributed by atoms with Crippen LogP contribution in [-0.2, 0) is 0 Å². The summed E-state index contributed by atoms with van der Waals surface area (Å²) in [5.74, 6) is -1.37. The van der Waals surface area contributed by atoms with E-state index in [4.69, 9.17) is 0 Å². The molecule has 1 saturated carbocycles. The van der Waals surface area contributed by atoms with Crippen LogP contribution in [0.1, 0.15) is 36.0 Å². The minimum atomic E-state index is -4.10. The minimum absolute atomic E-state index is 0.0913. The van der Waals surface area contributed by atoms with Gasteiger partial charge >= 0.3 is 6.18 Å². The number of alkyl halides is 3. The molecule has 0 bridgehead atoms. The molecule has 0 atom stereocenters. The smallest absolute Gasteiger partial charge is 0.352 e. The van der Waals surface area contributed by atoms with Crippen LogP contribution < -0.4 is 5.32 Å². The fourth-order valence-corrected chi connectivity index (χ4v) is 3.21. The van der Waals surface area contributed by atoms with Crippen LogP contribution in [0.5, 0.6) is 0 Å². The van der Waals surface area contributed by atoms with E-state index in [-0.39, 0.29) is 24.7 Å². The molecule has 24 heavy (non-hydrogen) atoms. The minimum Gasteiger partial charge on any atom is -0.352 e. The first kappa shape index (κ1) is 16.7. The van der Waals surface area contributed by atoms with E-state index in [1.165, 1.54) is 6.20 Å². The first-order chi connectivity index (χ1) is 11.4. The standard InChI is InChI=1S/C17H18F3N3O/c18-17(19,20)12-7-5-11(6-8-12)9-21-16(24)14-10-22-23-15-4-2-1-3-13(14)15/h1-4,10-12H,5-9H2,(H,21,24). The molecule has 4 nitrogen and oxygen atoms in total. The summed E-state index contributed by atoms with van der Waals surface area (Å²) in [4.78, 5) is 12.4. The normalized spacial score (nSPS) is 21.6. The second-order valence-electron chi connectivity index (χ2n) is 6.24. The molecular formula is C17H18F3N3O. The number of nitrogens with one attached hydrogen (secondary N) is 1. The average Bonchev–Trinajstić information content (AvgIpc) is 2.59. The van der Waals surface area contributed by atoms with E-state index in [1.54, 1.807) is 12.1 Å². The summed E-state index contributed by atoms with van der Waals surface area (Å²) in [6.07, 6.45) is -1.43. The molecule has 1 aliphatic carbocycles. The Morgan fingerprint density at radius 2 is 1.88 bits per heavy atom. The Kier molecular flexibility index (Phi) is 4.69. The van der Waals surface area contributed by atoms with Gasteiger partial charge in [0.15, 0.2) is 0 Å². The number of carbonyl (C=O) groups excluding carboxylic acids is 1. The van der Waals surface area contributed by atoms with Crippen molar-refractivity contribution >= 4 is 16.8 Å². The summed E-state index contributed by atoms with van der Waals surface area (Å²) >= 11 is 0. The number of carbonyl (C=O) groups is 1. The van der Waals surface area contributed by atoms with Gasteiger partial charge in [0.2, 0.25) is 0 Å². The predicted octanol–water partition coefficient (Wildman–Crippen LogP) is 3.73. The molecule has 0 aliphatic heterocycles. The van der Waals surface area contributed by atoms with Crippen molar-refractivity contribution in [2.24, 2.45) is 11.8 Å². The topological polar surface area (TPSA) is 54.9 Å². The maximum atomic E-state index is 12.7. The number of halogens is 3. The summed E-state index contributed by atoms with van der Waals surface area (Å²) in [5, 5.41) is 11.3. The Labute approximate surface area is 137 Å². The fraction of sp³-hybridized carbons (Fsp3) is 0.471. The van der Waals surface area contributed by atoms with Gasteiger partial charge in [-0.25, -0.2) is 0 Å². The Balaban J connectivity index is 1.58. The zero-order valence-electron chi connectivity index (χ0n) is 13.0. The lowest BCUT2D eigenvalue weighted by atomic mass is 9.81. The molecule has 1 aromatic heterocycles. The number of rotatable bonds is 3. The van der Waals surface area contributed by atoms with Gasteiger partial charge in [-0.05, 0) is 37.7 Å². The van der Waals surface area contributed by atoms with E-state index < -0.39 is 12.1 Å². The number of amides is 1. The van der Waals surface area contributed by atoms with Gasteiger partial charge in [0, 0.05) is 11.9 Å². The highest BCUT2D eigenvalue weighted by Crippen LogP contribution is 2.39. The van der Waals surface area contributed by atoms with E-state index in [9.17, 15) is 18.0 Å². The molecule has 0 radical (unpaired) electrons. The lowest BCUT2D eigenvalue weighted by molar-refractivity contribution is -0.183. The monoisotopic (exact) mass is 337 g/mol.